The number of ether oxygens (including phenoxy) is 2. The molecule has 2 heterocycles. The van der Waals surface area contributed by atoms with E-state index in [1.165, 1.54) is 24.5 Å². The van der Waals surface area contributed by atoms with Gasteiger partial charge in [0.05, 0.1) is 7.11 Å². The predicted molar refractivity (Wildman–Crippen MR) is 87.2 cm³/mol. The van der Waals surface area contributed by atoms with Crippen molar-refractivity contribution in [3.8, 4) is 5.75 Å². The standard InChI is InChI=1S/C17H14O5S/c1-10-3-6-15(23-10)17(19)21-9-11-7-16(18)22-14-8-12(20-2)4-5-13(11)14/h3-8H,9H2,1-2H3. The molecule has 2 aromatic heterocycles. The number of hydrogen-bond donors (Lipinski definition) is 0. The van der Waals surface area contributed by atoms with Crippen molar-refractivity contribution >= 4 is 28.3 Å². The molecule has 3 aromatic rings. The number of fused-ring (bicyclic) bond motifs is 1. The second kappa shape index (κ2) is 6.26. The molecule has 0 amide bonds. The van der Waals surface area contributed by atoms with E-state index in [2.05, 4.69) is 0 Å². The van der Waals surface area contributed by atoms with Gasteiger partial charge in [-0.15, -0.1) is 11.3 Å². The first kappa shape index (κ1) is 15.3. The quantitative estimate of drug-likeness (QED) is 0.541. The van der Waals surface area contributed by atoms with Gasteiger partial charge in [0.1, 0.15) is 22.8 Å². The summed E-state index contributed by atoms with van der Waals surface area (Å²) in [6, 6.07) is 10.1. The van der Waals surface area contributed by atoms with Crippen LogP contribution >= 0.6 is 11.3 Å². The number of hydrogen-bond acceptors (Lipinski definition) is 6. The van der Waals surface area contributed by atoms with Gasteiger partial charge in [-0.1, -0.05) is 0 Å². The van der Waals surface area contributed by atoms with Crippen LogP contribution < -0.4 is 10.4 Å². The molecule has 3 rings (SSSR count). The minimum Gasteiger partial charge on any atom is -0.497 e. The van der Waals surface area contributed by atoms with E-state index >= 15 is 0 Å². The van der Waals surface area contributed by atoms with Gasteiger partial charge in [-0.2, -0.15) is 0 Å². The predicted octanol–water partition coefficient (Wildman–Crippen LogP) is 3.53. The Hall–Kier alpha value is -2.60. The second-order valence-electron chi connectivity index (χ2n) is 4.94. The zero-order chi connectivity index (χ0) is 16.4. The number of aryl methyl sites for hydroxylation is 1. The highest BCUT2D eigenvalue weighted by Gasteiger charge is 2.12. The molecule has 0 bridgehead atoms. The Morgan fingerprint density at radius 2 is 2.04 bits per heavy atom. The SMILES string of the molecule is COc1ccc2c(COC(=O)c3ccc(C)s3)cc(=O)oc2c1. The van der Waals surface area contributed by atoms with Crippen LogP contribution in [0.5, 0.6) is 5.75 Å². The molecule has 23 heavy (non-hydrogen) atoms. The third kappa shape index (κ3) is 3.27. The molecule has 0 radical (unpaired) electrons. The normalized spacial score (nSPS) is 10.7. The summed E-state index contributed by atoms with van der Waals surface area (Å²) >= 11 is 1.37. The van der Waals surface area contributed by atoms with Crippen molar-refractivity contribution in [2.75, 3.05) is 7.11 Å². The van der Waals surface area contributed by atoms with Crippen LogP contribution in [0.3, 0.4) is 0 Å². The Morgan fingerprint density at radius 3 is 2.74 bits per heavy atom. The monoisotopic (exact) mass is 330 g/mol. The Morgan fingerprint density at radius 1 is 1.22 bits per heavy atom. The molecule has 118 valence electrons. The molecule has 5 nitrogen and oxygen atoms in total. The van der Waals surface area contributed by atoms with Crippen LogP contribution in [0, 0.1) is 6.92 Å². The van der Waals surface area contributed by atoms with Crippen LogP contribution in [0.2, 0.25) is 0 Å². The van der Waals surface area contributed by atoms with Crippen molar-refractivity contribution < 1.29 is 18.7 Å². The summed E-state index contributed by atoms with van der Waals surface area (Å²) in [5.41, 5.74) is 0.499. The van der Waals surface area contributed by atoms with Crippen molar-refractivity contribution in [3.63, 3.8) is 0 Å². The van der Waals surface area contributed by atoms with E-state index in [0.717, 1.165) is 4.88 Å². The number of carbonyl (C=O) groups excluding carboxylic acids is 1. The zero-order valence-electron chi connectivity index (χ0n) is 12.6. The number of methoxy groups -OCH3 is 1. The van der Waals surface area contributed by atoms with Gasteiger partial charge in [0.25, 0.3) is 0 Å². The average Bonchev–Trinajstić information content (AvgIpc) is 2.98. The molecule has 6 heteroatoms. The van der Waals surface area contributed by atoms with Gasteiger partial charge in [0, 0.05) is 28.0 Å². The van der Waals surface area contributed by atoms with E-state index in [1.54, 1.807) is 24.3 Å². The van der Waals surface area contributed by atoms with Crippen LogP contribution in [0.25, 0.3) is 11.0 Å². The molecular formula is C17H14O5S. The first-order chi connectivity index (χ1) is 11.1. The zero-order valence-corrected chi connectivity index (χ0v) is 13.4. The van der Waals surface area contributed by atoms with Gasteiger partial charge in [-0.3, -0.25) is 0 Å². The van der Waals surface area contributed by atoms with Crippen LogP contribution in [-0.4, -0.2) is 13.1 Å². The molecular weight excluding hydrogens is 316 g/mol. The molecule has 0 spiro atoms. The summed E-state index contributed by atoms with van der Waals surface area (Å²) in [6.45, 7) is 1.93. The lowest BCUT2D eigenvalue weighted by atomic mass is 10.1. The van der Waals surface area contributed by atoms with Crippen LogP contribution in [-0.2, 0) is 11.3 Å². The van der Waals surface area contributed by atoms with Crippen molar-refractivity contribution in [3.05, 3.63) is 62.1 Å². The van der Waals surface area contributed by atoms with E-state index < -0.39 is 11.6 Å². The summed E-state index contributed by atoms with van der Waals surface area (Å²) in [7, 11) is 1.54. The highest BCUT2D eigenvalue weighted by molar-refractivity contribution is 7.13. The lowest BCUT2D eigenvalue weighted by Crippen LogP contribution is -2.06. The molecule has 0 N–H and O–H groups in total. The minimum atomic E-state index is -0.497. The maximum absolute atomic E-state index is 12.0. The topological polar surface area (TPSA) is 65.7 Å². The summed E-state index contributed by atoms with van der Waals surface area (Å²) in [6.07, 6.45) is 0. The largest absolute Gasteiger partial charge is 0.497 e. The summed E-state index contributed by atoms with van der Waals surface area (Å²) < 4.78 is 15.6. The first-order valence-corrected chi connectivity index (χ1v) is 7.73. The third-order valence-corrected chi connectivity index (χ3v) is 4.32. The van der Waals surface area contributed by atoms with Gasteiger partial charge >= 0.3 is 11.6 Å². The number of rotatable bonds is 4. The van der Waals surface area contributed by atoms with Gasteiger partial charge in [-0.05, 0) is 31.2 Å². The Bertz CT molecular complexity index is 922. The number of esters is 1. The van der Waals surface area contributed by atoms with Gasteiger partial charge in [0.2, 0.25) is 0 Å². The lowest BCUT2D eigenvalue weighted by Gasteiger charge is -2.07. The molecule has 1 aromatic carbocycles. The highest BCUT2D eigenvalue weighted by Crippen LogP contribution is 2.23. The molecule has 0 saturated heterocycles. The first-order valence-electron chi connectivity index (χ1n) is 6.91. The molecule has 0 saturated carbocycles. The van der Waals surface area contributed by atoms with E-state index in [0.29, 0.717) is 27.2 Å². The number of carbonyl (C=O) groups is 1. The summed E-state index contributed by atoms with van der Waals surface area (Å²) in [5.74, 6) is 0.182. The van der Waals surface area contributed by atoms with Crippen molar-refractivity contribution in [2.45, 2.75) is 13.5 Å². The van der Waals surface area contributed by atoms with E-state index in [-0.39, 0.29) is 6.61 Å². The third-order valence-electron chi connectivity index (χ3n) is 3.34. The fourth-order valence-electron chi connectivity index (χ4n) is 2.22. The lowest BCUT2D eigenvalue weighted by molar-refractivity contribution is 0.0479. The molecule has 0 fully saturated rings. The number of thiophene rings is 1. The summed E-state index contributed by atoms with van der Waals surface area (Å²) in [4.78, 5) is 25.3. The maximum atomic E-state index is 12.0. The molecule has 0 atom stereocenters. The van der Waals surface area contributed by atoms with Gasteiger partial charge in [0.15, 0.2) is 0 Å². The van der Waals surface area contributed by atoms with Crippen molar-refractivity contribution in [2.24, 2.45) is 0 Å². The van der Waals surface area contributed by atoms with Crippen molar-refractivity contribution in [1.29, 1.82) is 0 Å². The van der Waals surface area contributed by atoms with Crippen LogP contribution in [0.15, 0.2) is 45.6 Å². The summed E-state index contributed by atoms with van der Waals surface area (Å²) in [5, 5.41) is 0.709. The Balaban J connectivity index is 1.87. The number of benzene rings is 1. The Labute approximate surface area is 136 Å². The highest BCUT2D eigenvalue weighted by atomic mass is 32.1. The molecule has 0 aliphatic carbocycles. The van der Waals surface area contributed by atoms with Crippen molar-refractivity contribution in [1.82, 2.24) is 0 Å². The Kier molecular flexibility index (Phi) is 4.16. The fourth-order valence-corrected chi connectivity index (χ4v) is 2.98. The average molecular weight is 330 g/mol. The van der Waals surface area contributed by atoms with E-state index in [9.17, 15) is 9.59 Å². The minimum absolute atomic E-state index is 0.00418. The fraction of sp³-hybridized carbons (Fsp3) is 0.176. The molecule has 0 unspecified atom stereocenters. The second-order valence-corrected chi connectivity index (χ2v) is 6.23. The molecule has 0 aliphatic heterocycles. The van der Waals surface area contributed by atoms with E-state index in [1.807, 2.05) is 13.0 Å². The molecule has 0 aliphatic rings. The maximum Gasteiger partial charge on any atom is 0.348 e. The van der Waals surface area contributed by atoms with Gasteiger partial charge in [-0.25, -0.2) is 9.59 Å². The van der Waals surface area contributed by atoms with Gasteiger partial charge < -0.3 is 13.9 Å². The van der Waals surface area contributed by atoms with E-state index in [4.69, 9.17) is 13.9 Å². The van der Waals surface area contributed by atoms with Crippen LogP contribution in [0.4, 0.5) is 0 Å². The smallest absolute Gasteiger partial charge is 0.348 e. The van der Waals surface area contributed by atoms with Crippen LogP contribution in [0.1, 0.15) is 20.1 Å².